The number of aliphatic hydroxyl groups is 11. The Morgan fingerprint density at radius 2 is 0.703 bits per heavy atom. The summed E-state index contributed by atoms with van der Waals surface area (Å²) in [5.74, 6) is -0.286. The number of rotatable bonds is 57. The summed E-state index contributed by atoms with van der Waals surface area (Å²) in [6, 6.07) is -0.994. The maximum Gasteiger partial charge on any atom is 0.220 e. The van der Waals surface area contributed by atoms with Gasteiger partial charge in [-0.25, -0.2) is 0 Å². The van der Waals surface area contributed by atoms with Gasteiger partial charge >= 0.3 is 0 Å². The highest BCUT2D eigenvalue weighted by Crippen LogP contribution is 2.33. The zero-order valence-electron chi connectivity index (χ0n) is 56.6. The molecule has 0 aromatic heterocycles. The SMILES string of the molecule is CCCCCCCCCCCCCCCCCCCCCCC/C=C/CC/C=C/CC/C=C/C(O)C(COC1OC(CO)C(OC2OC(CO)C(OC3OC(CO)C(O)C(O)C3O)C(O)C2O)C(O)C1O)NC(=O)CCCCCCCCCCCCCCCCC. The van der Waals surface area contributed by atoms with Crippen molar-refractivity contribution in [1.29, 1.82) is 0 Å². The fourth-order valence-electron chi connectivity index (χ4n) is 12.5. The second kappa shape index (κ2) is 54.1. The second-order valence-electron chi connectivity index (χ2n) is 26.4. The number of ether oxygens (including phenoxy) is 6. The van der Waals surface area contributed by atoms with Crippen molar-refractivity contribution in [3.05, 3.63) is 36.5 Å². The summed E-state index contributed by atoms with van der Waals surface area (Å²) in [7, 11) is 0. The van der Waals surface area contributed by atoms with E-state index in [1.165, 1.54) is 205 Å². The third-order valence-electron chi connectivity index (χ3n) is 18.4. The highest BCUT2D eigenvalue weighted by Gasteiger charge is 2.53. The molecule has 17 unspecified atom stereocenters. The van der Waals surface area contributed by atoms with Crippen molar-refractivity contribution in [2.75, 3.05) is 26.4 Å². The summed E-state index contributed by atoms with van der Waals surface area (Å²) in [6.07, 6.45) is 37.2. The lowest BCUT2D eigenvalue weighted by Gasteiger charge is -2.48. The molecule has 0 radical (unpaired) electrons. The van der Waals surface area contributed by atoms with E-state index in [0.717, 1.165) is 44.9 Å². The van der Waals surface area contributed by atoms with E-state index in [-0.39, 0.29) is 18.9 Å². The van der Waals surface area contributed by atoms with Gasteiger partial charge in [-0.15, -0.1) is 0 Å². The summed E-state index contributed by atoms with van der Waals surface area (Å²) < 4.78 is 34.3. The third kappa shape index (κ3) is 35.7. The molecule has 3 saturated heterocycles. The second-order valence-corrected chi connectivity index (χ2v) is 26.4. The van der Waals surface area contributed by atoms with Crippen LogP contribution < -0.4 is 5.32 Å². The first kappa shape index (κ1) is 83.2. The molecule has 12 N–H and O–H groups in total. The molecule has 0 aliphatic carbocycles. The van der Waals surface area contributed by atoms with Gasteiger partial charge in [0.1, 0.15) is 73.2 Å². The van der Waals surface area contributed by atoms with Gasteiger partial charge in [-0.3, -0.25) is 4.79 Å². The maximum atomic E-state index is 13.4. The number of hydrogen-bond donors (Lipinski definition) is 12. The van der Waals surface area contributed by atoms with Crippen LogP contribution in [0.2, 0.25) is 0 Å². The van der Waals surface area contributed by atoms with Gasteiger partial charge in [0.25, 0.3) is 0 Å². The van der Waals surface area contributed by atoms with Crippen LogP contribution >= 0.6 is 0 Å². The van der Waals surface area contributed by atoms with Crippen LogP contribution in [0.1, 0.15) is 284 Å². The molecule has 19 nitrogen and oxygen atoms in total. The molecule has 3 rings (SSSR count). The molecule has 3 fully saturated rings. The van der Waals surface area contributed by atoms with Crippen molar-refractivity contribution in [2.45, 2.75) is 388 Å². The molecule has 3 heterocycles. The topological polar surface area (TPSA) is 307 Å². The van der Waals surface area contributed by atoms with Crippen LogP contribution in [0, 0.1) is 0 Å². The van der Waals surface area contributed by atoms with Gasteiger partial charge in [-0.2, -0.15) is 0 Å². The zero-order chi connectivity index (χ0) is 66.1. The molecule has 17 atom stereocenters. The van der Waals surface area contributed by atoms with Crippen LogP contribution in [0.5, 0.6) is 0 Å². The van der Waals surface area contributed by atoms with Crippen LogP contribution in [0.25, 0.3) is 0 Å². The molecular formula is C72H133NO18. The Bertz CT molecular complexity index is 1790. The van der Waals surface area contributed by atoms with E-state index in [0.29, 0.717) is 12.8 Å². The number of carbonyl (C=O) groups is 1. The van der Waals surface area contributed by atoms with E-state index >= 15 is 0 Å². The Morgan fingerprint density at radius 1 is 0.385 bits per heavy atom. The van der Waals surface area contributed by atoms with Crippen LogP contribution in [-0.2, 0) is 33.2 Å². The smallest absolute Gasteiger partial charge is 0.220 e. The predicted molar refractivity (Wildman–Crippen MR) is 356 cm³/mol. The Labute approximate surface area is 549 Å². The van der Waals surface area contributed by atoms with E-state index in [2.05, 4.69) is 43.5 Å². The van der Waals surface area contributed by atoms with Crippen molar-refractivity contribution < 1.29 is 89.4 Å². The fraction of sp³-hybridized carbons (Fsp3) is 0.903. The molecule has 0 spiro atoms. The van der Waals surface area contributed by atoms with E-state index in [1.807, 2.05) is 6.08 Å². The van der Waals surface area contributed by atoms with Crippen molar-refractivity contribution in [3.8, 4) is 0 Å². The first-order valence-electron chi connectivity index (χ1n) is 36.7. The van der Waals surface area contributed by atoms with Gasteiger partial charge in [0, 0.05) is 6.42 Å². The van der Waals surface area contributed by atoms with Gasteiger partial charge in [0.2, 0.25) is 5.91 Å². The Kier molecular flexibility index (Phi) is 49.5. The van der Waals surface area contributed by atoms with Crippen LogP contribution in [0.4, 0.5) is 0 Å². The first-order valence-corrected chi connectivity index (χ1v) is 36.7. The monoisotopic (exact) mass is 1300 g/mol. The molecule has 19 heteroatoms. The number of nitrogens with one attached hydrogen (secondary N) is 1. The quantitative estimate of drug-likeness (QED) is 0.0199. The largest absolute Gasteiger partial charge is 0.394 e. The number of amides is 1. The number of hydrogen-bond acceptors (Lipinski definition) is 18. The Hall–Kier alpha value is -1.99. The number of aliphatic hydroxyl groups excluding tert-OH is 11. The molecule has 91 heavy (non-hydrogen) atoms. The lowest BCUT2D eigenvalue weighted by Crippen LogP contribution is -2.66. The summed E-state index contributed by atoms with van der Waals surface area (Å²) in [6.45, 7) is 1.73. The molecule has 534 valence electrons. The van der Waals surface area contributed by atoms with Gasteiger partial charge < -0.3 is 89.9 Å². The number of allylic oxidation sites excluding steroid dienone is 5. The predicted octanol–water partition coefficient (Wildman–Crippen LogP) is 10.4. The van der Waals surface area contributed by atoms with E-state index in [4.69, 9.17) is 28.4 Å². The van der Waals surface area contributed by atoms with E-state index in [1.54, 1.807) is 6.08 Å². The minimum Gasteiger partial charge on any atom is -0.394 e. The highest BCUT2D eigenvalue weighted by atomic mass is 16.8. The maximum absolute atomic E-state index is 13.4. The molecule has 0 bridgehead atoms. The third-order valence-corrected chi connectivity index (χ3v) is 18.4. The van der Waals surface area contributed by atoms with Gasteiger partial charge in [-0.05, 0) is 44.9 Å². The average molecular weight is 1300 g/mol. The van der Waals surface area contributed by atoms with Gasteiger partial charge in [-0.1, -0.05) is 269 Å². The molecular weight excluding hydrogens is 1170 g/mol. The number of carbonyl (C=O) groups excluding carboxylic acids is 1. The molecule has 0 aromatic rings. The molecule has 0 saturated carbocycles. The molecule has 0 aromatic carbocycles. The number of unbranched alkanes of at least 4 members (excludes halogenated alkanes) is 37. The van der Waals surface area contributed by atoms with Crippen molar-refractivity contribution >= 4 is 5.91 Å². The summed E-state index contributed by atoms with van der Waals surface area (Å²) >= 11 is 0. The molecule has 3 aliphatic heterocycles. The lowest BCUT2D eigenvalue weighted by molar-refractivity contribution is -0.379. The normalized spacial score (nSPS) is 28.0. The Morgan fingerprint density at radius 3 is 1.10 bits per heavy atom. The van der Waals surface area contributed by atoms with Gasteiger partial charge in [0.05, 0.1) is 38.6 Å². The first-order chi connectivity index (χ1) is 44.3. The highest BCUT2D eigenvalue weighted by molar-refractivity contribution is 5.76. The van der Waals surface area contributed by atoms with E-state index in [9.17, 15) is 61.0 Å². The molecule has 1 amide bonds. The van der Waals surface area contributed by atoms with Crippen molar-refractivity contribution in [2.24, 2.45) is 0 Å². The molecule has 3 aliphatic rings. The van der Waals surface area contributed by atoms with Gasteiger partial charge in [0.15, 0.2) is 18.9 Å². The average Bonchev–Trinajstić information content (AvgIpc) is 0.876. The summed E-state index contributed by atoms with van der Waals surface area (Å²) in [5.41, 5.74) is 0. The van der Waals surface area contributed by atoms with Crippen LogP contribution in [0.15, 0.2) is 36.5 Å². The minimum atomic E-state index is -1.98. The van der Waals surface area contributed by atoms with Crippen molar-refractivity contribution in [3.63, 3.8) is 0 Å². The minimum absolute atomic E-state index is 0.235. The lowest BCUT2D eigenvalue weighted by atomic mass is 9.96. The zero-order valence-corrected chi connectivity index (χ0v) is 56.6. The summed E-state index contributed by atoms with van der Waals surface area (Å²) in [5, 5.41) is 120. The summed E-state index contributed by atoms with van der Waals surface area (Å²) in [4.78, 5) is 13.4. The van der Waals surface area contributed by atoms with Crippen LogP contribution in [-0.4, -0.2) is 193 Å². The Balaban J connectivity index is 1.41. The van der Waals surface area contributed by atoms with Crippen molar-refractivity contribution in [1.82, 2.24) is 5.32 Å². The standard InChI is InChI=1S/C72H133NO18/c1-3-5-7-9-11-13-15-17-19-20-21-22-23-24-25-26-27-28-29-30-31-32-33-34-36-37-39-41-43-45-47-49-56(77)55(73-60(78)50-48-46-44-42-40-38-35-18-16-14-12-10-8-6-4-2)54-86-70-66(84)63(81)68(58(52-75)88-70)91-72-67(85)64(82)69(59(53-76)89-72)90-71-65(83)62(80)61(79)57(51-74)87-71/h33-34,39,41,47,49,55-59,61-72,74-77,79-85H,3-32,35-38,40,42-46,48,50-54H2,1-2H3,(H,73,78)/b34-33+,41-39+,49-47+. The fourth-order valence-corrected chi connectivity index (χ4v) is 12.5. The van der Waals surface area contributed by atoms with E-state index < -0.39 is 124 Å². The van der Waals surface area contributed by atoms with Crippen LogP contribution in [0.3, 0.4) is 0 Å².